The number of hydrogen-bond acceptors (Lipinski definition) is 2. The number of nitrogens with zero attached hydrogens (tertiary/aromatic N) is 2. The van der Waals surface area contributed by atoms with Crippen LogP contribution in [0.3, 0.4) is 0 Å². The van der Waals surface area contributed by atoms with Gasteiger partial charge in [-0.3, -0.25) is 4.79 Å². The highest BCUT2D eigenvalue weighted by molar-refractivity contribution is 5.94. The van der Waals surface area contributed by atoms with Crippen molar-refractivity contribution in [3.63, 3.8) is 0 Å². The second kappa shape index (κ2) is 5.44. The first-order chi connectivity index (χ1) is 7.97. The molecule has 17 heavy (non-hydrogen) atoms. The molecule has 0 aliphatic rings. The third kappa shape index (κ3) is 3.04. The van der Waals surface area contributed by atoms with Crippen LogP contribution in [0.1, 0.15) is 29.8 Å². The first-order valence-electron chi connectivity index (χ1n) is 5.41. The van der Waals surface area contributed by atoms with E-state index in [1.807, 2.05) is 6.07 Å². The monoisotopic (exact) mass is 234 g/mol. The molecule has 1 aromatic carbocycles. The molecule has 1 aromatic rings. The molecule has 0 N–H and O–H groups in total. The number of benzene rings is 1. The maximum Gasteiger partial charge on any atom is 0.257 e. The van der Waals surface area contributed by atoms with Crippen molar-refractivity contribution < 1.29 is 9.18 Å². The van der Waals surface area contributed by atoms with E-state index in [2.05, 4.69) is 0 Å². The molecule has 0 aliphatic carbocycles. The van der Waals surface area contributed by atoms with E-state index in [1.165, 1.54) is 17.0 Å². The lowest BCUT2D eigenvalue weighted by Gasteiger charge is -2.24. The van der Waals surface area contributed by atoms with Crippen molar-refractivity contribution in [1.82, 2.24) is 4.90 Å². The van der Waals surface area contributed by atoms with Crippen molar-refractivity contribution in [1.29, 1.82) is 5.26 Å². The van der Waals surface area contributed by atoms with E-state index in [-0.39, 0.29) is 18.2 Å². The Morgan fingerprint density at radius 2 is 2.18 bits per heavy atom. The Morgan fingerprint density at radius 1 is 1.53 bits per heavy atom. The molecule has 0 saturated carbocycles. The van der Waals surface area contributed by atoms with Gasteiger partial charge in [0.25, 0.3) is 5.91 Å². The Kier molecular flexibility index (Phi) is 4.22. The van der Waals surface area contributed by atoms with Gasteiger partial charge < -0.3 is 4.90 Å². The number of hydrogen-bond donors (Lipinski definition) is 0. The summed E-state index contributed by atoms with van der Waals surface area (Å²) in [7, 11) is 0. The van der Waals surface area contributed by atoms with Crippen molar-refractivity contribution in [3.8, 4) is 6.07 Å². The van der Waals surface area contributed by atoms with Crippen LogP contribution in [0.15, 0.2) is 18.2 Å². The third-order valence-electron chi connectivity index (χ3n) is 2.48. The van der Waals surface area contributed by atoms with Gasteiger partial charge in [-0.15, -0.1) is 0 Å². The zero-order valence-electron chi connectivity index (χ0n) is 10.2. The van der Waals surface area contributed by atoms with Crippen LogP contribution in [-0.4, -0.2) is 23.4 Å². The Labute approximate surface area is 100 Å². The first-order valence-corrected chi connectivity index (χ1v) is 5.41. The molecule has 3 nitrogen and oxygen atoms in total. The molecule has 1 rings (SSSR count). The first kappa shape index (κ1) is 13.2. The minimum absolute atomic E-state index is 0.0135. The number of carbonyl (C=O) groups excluding carboxylic acids is 1. The summed E-state index contributed by atoms with van der Waals surface area (Å²) in [5.41, 5.74) is 0.773. The van der Waals surface area contributed by atoms with Crippen molar-refractivity contribution >= 4 is 5.91 Å². The quantitative estimate of drug-likeness (QED) is 0.754. The summed E-state index contributed by atoms with van der Waals surface area (Å²) in [6.45, 7) is 5.30. The minimum atomic E-state index is -0.543. The van der Waals surface area contributed by atoms with Crippen LogP contribution in [-0.2, 0) is 0 Å². The molecule has 0 fully saturated rings. The lowest BCUT2D eigenvalue weighted by molar-refractivity contribution is 0.0726. The van der Waals surface area contributed by atoms with Crippen LogP contribution in [0, 0.1) is 24.1 Å². The maximum atomic E-state index is 13.6. The highest BCUT2D eigenvalue weighted by Gasteiger charge is 2.21. The van der Waals surface area contributed by atoms with Gasteiger partial charge in [0.1, 0.15) is 12.4 Å². The fraction of sp³-hybridized carbons (Fsp3) is 0.385. The molecule has 0 atom stereocenters. The Hall–Kier alpha value is -1.89. The summed E-state index contributed by atoms with van der Waals surface area (Å²) in [4.78, 5) is 13.4. The molecule has 1 amide bonds. The number of aryl methyl sites for hydroxylation is 1. The predicted molar refractivity (Wildman–Crippen MR) is 62.9 cm³/mol. The SMILES string of the molecule is Cc1ccc(C(=O)N(CC#N)C(C)C)c(F)c1. The molecule has 0 aliphatic heterocycles. The summed E-state index contributed by atoms with van der Waals surface area (Å²) < 4.78 is 13.6. The van der Waals surface area contributed by atoms with E-state index in [1.54, 1.807) is 26.8 Å². The Morgan fingerprint density at radius 3 is 2.65 bits per heavy atom. The molecule has 0 heterocycles. The van der Waals surface area contributed by atoms with Gasteiger partial charge in [-0.1, -0.05) is 6.07 Å². The van der Waals surface area contributed by atoms with Crippen molar-refractivity contribution in [2.45, 2.75) is 26.8 Å². The van der Waals surface area contributed by atoms with Crippen molar-refractivity contribution in [2.24, 2.45) is 0 Å². The zero-order chi connectivity index (χ0) is 13.0. The maximum absolute atomic E-state index is 13.6. The molecule has 0 spiro atoms. The molecule has 90 valence electrons. The summed E-state index contributed by atoms with van der Waals surface area (Å²) in [6, 6.07) is 6.23. The average Bonchev–Trinajstić information content (AvgIpc) is 2.24. The van der Waals surface area contributed by atoms with Crippen molar-refractivity contribution in [3.05, 3.63) is 35.1 Å². The summed E-state index contributed by atoms with van der Waals surface area (Å²) in [5.74, 6) is -0.988. The average molecular weight is 234 g/mol. The van der Waals surface area contributed by atoms with E-state index < -0.39 is 11.7 Å². The number of nitriles is 1. The lowest BCUT2D eigenvalue weighted by atomic mass is 10.1. The second-order valence-electron chi connectivity index (χ2n) is 4.17. The van der Waals surface area contributed by atoms with E-state index >= 15 is 0 Å². The summed E-state index contributed by atoms with van der Waals surface area (Å²) >= 11 is 0. The predicted octanol–water partition coefficient (Wildman–Crippen LogP) is 2.51. The van der Waals surface area contributed by atoms with Gasteiger partial charge in [-0.05, 0) is 38.5 Å². The highest BCUT2D eigenvalue weighted by Crippen LogP contribution is 2.14. The summed E-state index contributed by atoms with van der Waals surface area (Å²) in [5, 5.41) is 8.66. The molecule has 0 aromatic heterocycles. The standard InChI is InChI=1S/C13H15FN2O/c1-9(2)16(7-6-15)13(17)11-5-4-10(3)8-12(11)14/h4-5,8-9H,7H2,1-3H3. The fourth-order valence-electron chi connectivity index (χ4n) is 1.51. The van der Waals surface area contributed by atoms with E-state index in [0.717, 1.165) is 5.56 Å². The van der Waals surface area contributed by atoms with Gasteiger partial charge in [-0.2, -0.15) is 5.26 Å². The van der Waals surface area contributed by atoms with Gasteiger partial charge in [0.15, 0.2) is 0 Å². The minimum Gasteiger partial charge on any atom is -0.323 e. The number of halogens is 1. The molecule has 0 bridgehead atoms. The van der Waals surface area contributed by atoms with Crippen LogP contribution < -0.4 is 0 Å². The smallest absolute Gasteiger partial charge is 0.257 e. The number of amides is 1. The van der Waals surface area contributed by atoms with Gasteiger partial charge in [0.05, 0.1) is 11.6 Å². The fourth-order valence-corrected chi connectivity index (χ4v) is 1.51. The van der Waals surface area contributed by atoms with E-state index in [0.29, 0.717) is 0 Å². The molecule has 0 saturated heterocycles. The third-order valence-corrected chi connectivity index (χ3v) is 2.48. The lowest BCUT2D eigenvalue weighted by Crippen LogP contribution is -2.37. The topological polar surface area (TPSA) is 44.1 Å². The van der Waals surface area contributed by atoms with Crippen LogP contribution in [0.5, 0.6) is 0 Å². The highest BCUT2D eigenvalue weighted by atomic mass is 19.1. The Bertz CT molecular complexity index is 463. The largest absolute Gasteiger partial charge is 0.323 e. The van der Waals surface area contributed by atoms with Gasteiger partial charge >= 0.3 is 0 Å². The van der Waals surface area contributed by atoms with E-state index in [9.17, 15) is 9.18 Å². The van der Waals surface area contributed by atoms with E-state index in [4.69, 9.17) is 5.26 Å². The molecule has 0 radical (unpaired) electrons. The summed E-state index contributed by atoms with van der Waals surface area (Å²) in [6.07, 6.45) is 0. The number of rotatable bonds is 3. The van der Waals surface area contributed by atoms with Crippen LogP contribution in [0.2, 0.25) is 0 Å². The second-order valence-corrected chi connectivity index (χ2v) is 4.17. The molecular weight excluding hydrogens is 219 g/mol. The zero-order valence-corrected chi connectivity index (χ0v) is 10.2. The van der Waals surface area contributed by atoms with Gasteiger partial charge in [-0.25, -0.2) is 4.39 Å². The number of carbonyl (C=O) groups is 1. The molecular formula is C13H15FN2O. The van der Waals surface area contributed by atoms with Crippen LogP contribution >= 0.6 is 0 Å². The van der Waals surface area contributed by atoms with Crippen molar-refractivity contribution in [2.75, 3.05) is 6.54 Å². The Balaban J connectivity index is 3.06. The normalized spacial score (nSPS) is 10.1. The molecule has 0 unspecified atom stereocenters. The molecule has 4 heteroatoms. The van der Waals surface area contributed by atoms with Crippen LogP contribution in [0.4, 0.5) is 4.39 Å². The van der Waals surface area contributed by atoms with Gasteiger partial charge in [0, 0.05) is 6.04 Å². The van der Waals surface area contributed by atoms with Gasteiger partial charge in [0.2, 0.25) is 0 Å². The van der Waals surface area contributed by atoms with Crippen LogP contribution in [0.25, 0.3) is 0 Å².